The van der Waals surface area contributed by atoms with Crippen LogP contribution in [0.5, 0.6) is 0 Å². The molecule has 0 aliphatic heterocycles. The third kappa shape index (κ3) is 3.84. The summed E-state index contributed by atoms with van der Waals surface area (Å²) in [5, 5.41) is 5.49. The minimum Gasteiger partial charge on any atom is -0.322 e. The number of hydrogen-bond acceptors (Lipinski definition) is 3. The molecule has 1 aromatic heterocycles. The second-order valence-corrected chi connectivity index (χ2v) is 7.51. The third-order valence-electron chi connectivity index (χ3n) is 4.82. The molecule has 2 N–H and O–H groups in total. The first-order valence-electron chi connectivity index (χ1n) is 9.13. The number of halogens is 3. The molecule has 1 heterocycles. The molecule has 0 bridgehead atoms. The Bertz CT molecular complexity index is 1300. The van der Waals surface area contributed by atoms with Crippen molar-refractivity contribution in [3.63, 3.8) is 0 Å². The van der Waals surface area contributed by atoms with Crippen LogP contribution in [0, 0.1) is 11.6 Å². The van der Waals surface area contributed by atoms with Gasteiger partial charge < -0.3 is 5.73 Å². The van der Waals surface area contributed by atoms with E-state index in [0.717, 1.165) is 27.9 Å². The van der Waals surface area contributed by atoms with Gasteiger partial charge in [-0.3, -0.25) is 4.79 Å². The molecule has 0 fully saturated rings. The minimum absolute atomic E-state index is 0. The highest BCUT2D eigenvalue weighted by atomic mass is 35.5. The van der Waals surface area contributed by atoms with Gasteiger partial charge in [-0.25, -0.2) is 8.78 Å². The Balaban J connectivity index is 0.00000256. The van der Waals surface area contributed by atoms with Crippen molar-refractivity contribution in [2.24, 2.45) is 5.73 Å². The predicted molar refractivity (Wildman–Crippen MR) is 117 cm³/mol. The van der Waals surface area contributed by atoms with Gasteiger partial charge in [-0.2, -0.15) is 9.78 Å². The normalized spacial score (nSPS) is 11.4. The van der Waals surface area contributed by atoms with E-state index in [1.807, 2.05) is 44.2 Å². The van der Waals surface area contributed by atoms with E-state index < -0.39 is 22.7 Å². The Morgan fingerprint density at radius 1 is 0.933 bits per heavy atom. The number of benzene rings is 3. The van der Waals surface area contributed by atoms with E-state index in [1.54, 1.807) is 18.2 Å². The van der Waals surface area contributed by atoms with Crippen LogP contribution in [0.1, 0.15) is 19.4 Å². The zero-order valence-electron chi connectivity index (χ0n) is 16.4. The highest BCUT2D eigenvalue weighted by molar-refractivity contribution is 5.94. The second-order valence-electron chi connectivity index (χ2n) is 7.51. The van der Waals surface area contributed by atoms with Crippen molar-refractivity contribution >= 4 is 23.2 Å². The van der Waals surface area contributed by atoms with E-state index in [-0.39, 0.29) is 18.1 Å². The summed E-state index contributed by atoms with van der Waals surface area (Å²) in [6.45, 7) is 3.79. The van der Waals surface area contributed by atoms with Crippen LogP contribution in [-0.2, 0) is 5.54 Å². The van der Waals surface area contributed by atoms with Crippen LogP contribution in [0.15, 0.2) is 71.5 Å². The third-order valence-corrected chi connectivity index (χ3v) is 4.82. The Morgan fingerprint density at radius 3 is 2.30 bits per heavy atom. The van der Waals surface area contributed by atoms with Gasteiger partial charge in [0.1, 0.15) is 11.5 Å². The lowest BCUT2D eigenvalue weighted by molar-refractivity contribution is 0.554. The van der Waals surface area contributed by atoms with E-state index in [0.29, 0.717) is 16.5 Å². The summed E-state index contributed by atoms with van der Waals surface area (Å²) in [5.74, 6) is -1.59. The molecule has 0 saturated carbocycles. The first-order valence-corrected chi connectivity index (χ1v) is 9.13. The van der Waals surface area contributed by atoms with Crippen LogP contribution < -0.4 is 11.3 Å². The van der Waals surface area contributed by atoms with Crippen LogP contribution in [-0.4, -0.2) is 9.78 Å². The summed E-state index contributed by atoms with van der Waals surface area (Å²) >= 11 is 0. The average Bonchev–Trinajstić information content (AvgIpc) is 2.69. The van der Waals surface area contributed by atoms with E-state index >= 15 is 0 Å². The molecule has 0 aliphatic carbocycles. The van der Waals surface area contributed by atoms with Crippen molar-refractivity contribution in [1.29, 1.82) is 0 Å². The summed E-state index contributed by atoms with van der Waals surface area (Å²) in [7, 11) is 0. The fraction of sp³-hybridized carbons (Fsp3) is 0.130. The van der Waals surface area contributed by atoms with Gasteiger partial charge in [0.25, 0.3) is 5.56 Å². The molecule has 0 spiro atoms. The molecule has 3 aromatic carbocycles. The number of hydrogen-bond donors (Lipinski definition) is 1. The first-order chi connectivity index (χ1) is 13.8. The quantitative estimate of drug-likeness (QED) is 0.503. The Labute approximate surface area is 178 Å². The van der Waals surface area contributed by atoms with Crippen LogP contribution in [0.2, 0.25) is 0 Å². The standard InChI is InChI=1S/C23H19F2N3O.ClH/c1-23(2,26)15-7-5-6-14(12-15)21-17-8-3-4-9-18(17)22(29)28(27-21)20-11-10-16(24)13-19(20)25;/h3-13H,26H2,1-2H3;1H. The van der Waals surface area contributed by atoms with Crippen LogP contribution in [0.4, 0.5) is 8.78 Å². The molecule has 0 unspecified atom stereocenters. The van der Waals surface area contributed by atoms with Gasteiger partial charge in [-0.1, -0.05) is 36.4 Å². The number of nitrogens with two attached hydrogens (primary N) is 1. The van der Waals surface area contributed by atoms with Crippen LogP contribution in [0.3, 0.4) is 0 Å². The molecule has 4 aromatic rings. The van der Waals surface area contributed by atoms with E-state index in [2.05, 4.69) is 5.10 Å². The molecular weight excluding hydrogens is 408 g/mol. The highest BCUT2D eigenvalue weighted by Crippen LogP contribution is 2.28. The van der Waals surface area contributed by atoms with Crippen molar-refractivity contribution in [2.45, 2.75) is 19.4 Å². The summed E-state index contributed by atoms with van der Waals surface area (Å²) < 4.78 is 28.8. The number of rotatable bonds is 3. The molecule has 4 rings (SSSR count). The molecular formula is C23H20ClF2N3O. The summed E-state index contributed by atoms with van der Waals surface area (Å²) in [6.07, 6.45) is 0. The van der Waals surface area contributed by atoms with E-state index in [4.69, 9.17) is 5.73 Å². The number of fused-ring (bicyclic) bond motifs is 1. The number of nitrogens with zero attached hydrogens (tertiary/aromatic N) is 2. The Kier molecular flexibility index (Phi) is 5.74. The van der Waals surface area contributed by atoms with Gasteiger partial charge in [0, 0.05) is 22.6 Å². The predicted octanol–water partition coefficient (Wildman–Crippen LogP) is 4.95. The molecule has 0 aliphatic rings. The fourth-order valence-electron chi connectivity index (χ4n) is 3.29. The van der Waals surface area contributed by atoms with Crippen molar-refractivity contribution in [3.8, 4) is 16.9 Å². The SMILES string of the molecule is CC(C)(N)c1cccc(-c2nn(-c3ccc(F)cc3F)c(=O)c3ccccc23)c1.Cl. The van der Waals surface area contributed by atoms with E-state index in [1.165, 1.54) is 6.07 Å². The van der Waals surface area contributed by atoms with Crippen LogP contribution in [0.25, 0.3) is 27.7 Å². The lowest BCUT2D eigenvalue weighted by Gasteiger charge is -2.20. The monoisotopic (exact) mass is 427 g/mol. The Morgan fingerprint density at radius 2 is 1.63 bits per heavy atom. The number of aromatic nitrogens is 2. The van der Waals surface area contributed by atoms with Crippen molar-refractivity contribution in [3.05, 3.63) is 94.3 Å². The average molecular weight is 428 g/mol. The van der Waals surface area contributed by atoms with Gasteiger partial charge in [0.15, 0.2) is 5.82 Å². The van der Waals surface area contributed by atoms with Crippen molar-refractivity contribution in [2.75, 3.05) is 0 Å². The maximum Gasteiger partial charge on any atom is 0.279 e. The van der Waals surface area contributed by atoms with Gasteiger partial charge >= 0.3 is 0 Å². The maximum absolute atomic E-state index is 14.4. The summed E-state index contributed by atoms with van der Waals surface area (Å²) in [5.41, 5.74) is 7.22. The largest absolute Gasteiger partial charge is 0.322 e. The molecule has 0 atom stereocenters. The van der Waals surface area contributed by atoms with E-state index in [9.17, 15) is 13.6 Å². The lowest BCUT2D eigenvalue weighted by atomic mass is 9.93. The Hall–Kier alpha value is -3.09. The van der Waals surface area contributed by atoms with Gasteiger partial charge in [0.05, 0.1) is 11.1 Å². The van der Waals surface area contributed by atoms with Gasteiger partial charge in [0.2, 0.25) is 0 Å². The molecule has 4 nitrogen and oxygen atoms in total. The summed E-state index contributed by atoms with van der Waals surface area (Å²) in [6, 6.07) is 17.6. The van der Waals surface area contributed by atoms with Gasteiger partial charge in [-0.05, 0) is 43.7 Å². The fourth-order valence-corrected chi connectivity index (χ4v) is 3.29. The first kappa shape index (κ1) is 21.6. The molecule has 154 valence electrons. The highest BCUT2D eigenvalue weighted by Gasteiger charge is 2.18. The smallest absolute Gasteiger partial charge is 0.279 e. The van der Waals surface area contributed by atoms with Crippen molar-refractivity contribution in [1.82, 2.24) is 9.78 Å². The molecule has 30 heavy (non-hydrogen) atoms. The second kappa shape index (κ2) is 7.97. The minimum atomic E-state index is -0.863. The molecule has 0 radical (unpaired) electrons. The molecule has 7 heteroatoms. The molecule has 0 amide bonds. The van der Waals surface area contributed by atoms with Crippen LogP contribution >= 0.6 is 12.4 Å². The zero-order chi connectivity index (χ0) is 20.8. The maximum atomic E-state index is 14.4. The van der Waals surface area contributed by atoms with Gasteiger partial charge in [-0.15, -0.1) is 12.4 Å². The topological polar surface area (TPSA) is 60.9 Å². The van der Waals surface area contributed by atoms with Crippen molar-refractivity contribution < 1.29 is 8.78 Å². The molecule has 0 saturated heterocycles. The lowest BCUT2D eigenvalue weighted by Crippen LogP contribution is -2.28. The summed E-state index contributed by atoms with van der Waals surface area (Å²) in [4.78, 5) is 13.0. The zero-order valence-corrected chi connectivity index (χ0v) is 17.2.